The molecule has 44 heavy (non-hydrogen) atoms. The highest BCUT2D eigenvalue weighted by Crippen LogP contribution is 2.31. The molecule has 1 aliphatic heterocycles. The van der Waals surface area contributed by atoms with Crippen LogP contribution in [0.25, 0.3) is 10.8 Å². The van der Waals surface area contributed by atoms with E-state index in [2.05, 4.69) is 0 Å². The van der Waals surface area contributed by atoms with Crippen LogP contribution in [0.3, 0.4) is 0 Å². The van der Waals surface area contributed by atoms with Gasteiger partial charge in [-0.2, -0.15) is 0 Å². The van der Waals surface area contributed by atoms with E-state index in [1.165, 1.54) is 23.5 Å². The van der Waals surface area contributed by atoms with Gasteiger partial charge in [0.25, 0.3) is 10.0 Å². The van der Waals surface area contributed by atoms with E-state index in [0.29, 0.717) is 28.4 Å². The predicted octanol–water partition coefficient (Wildman–Crippen LogP) is 5.15. The second-order valence-electron chi connectivity index (χ2n) is 10.7. The third-order valence-electron chi connectivity index (χ3n) is 7.75. The Hall–Kier alpha value is -4.90. The topological polar surface area (TPSA) is 150 Å². The van der Waals surface area contributed by atoms with Gasteiger partial charge in [-0.3, -0.25) is 15.1 Å². The Balaban J connectivity index is 1.49. The number of piperidine rings is 1. The number of nitrogens with zero attached hydrogens (tertiary/aromatic N) is 2. The van der Waals surface area contributed by atoms with Gasteiger partial charge in [-0.15, -0.1) is 0 Å². The second kappa shape index (κ2) is 12.8. The van der Waals surface area contributed by atoms with Gasteiger partial charge in [0.2, 0.25) is 0 Å². The van der Waals surface area contributed by atoms with Crippen molar-refractivity contribution in [3.8, 4) is 5.75 Å². The lowest BCUT2D eigenvalue weighted by molar-refractivity contribution is 0.0596. The molecule has 1 saturated heterocycles. The van der Waals surface area contributed by atoms with Crippen LogP contribution in [0.4, 0.5) is 5.69 Å². The summed E-state index contributed by atoms with van der Waals surface area (Å²) in [5.41, 5.74) is 7.30. The number of likely N-dealkylation sites (tertiary alicyclic amines) is 1. The summed E-state index contributed by atoms with van der Waals surface area (Å²) in [5, 5.41) is 17.4. The number of nitrogens with one attached hydrogen (secondary N) is 2. The van der Waals surface area contributed by atoms with Crippen LogP contribution in [0.15, 0.2) is 89.8 Å². The van der Waals surface area contributed by atoms with Gasteiger partial charge >= 0.3 is 5.97 Å². The highest BCUT2D eigenvalue weighted by molar-refractivity contribution is 7.92. The standard InChI is InChI=1S/C33H35N5O5S/c1-22(34)37-17-15-29(16-18-37)43-28-13-11-27(12-14-28)38(44(40,41)31-6-4-3-5-30(31)33(39)42-2)21-23-7-8-24-9-10-25(32(35)36)20-26(24)19-23/h3-14,19-20,29,34H,15-18,21H2,1-2H3,(H3,35,36). The maximum Gasteiger partial charge on any atom is 0.339 e. The molecule has 0 aliphatic carbocycles. The third-order valence-corrected chi connectivity index (χ3v) is 9.58. The number of hydrogen-bond donors (Lipinski definition) is 3. The number of anilines is 1. The molecular weight excluding hydrogens is 578 g/mol. The fourth-order valence-electron chi connectivity index (χ4n) is 5.32. The molecular formula is C33H35N5O5S. The number of esters is 1. The quantitative estimate of drug-likeness (QED) is 0.134. The number of amidine groups is 2. The van der Waals surface area contributed by atoms with Crippen LogP contribution in [0.2, 0.25) is 0 Å². The molecule has 0 bridgehead atoms. The van der Waals surface area contributed by atoms with Crippen LogP contribution in [-0.2, 0) is 21.3 Å². The van der Waals surface area contributed by atoms with Crippen molar-refractivity contribution in [2.75, 3.05) is 24.5 Å². The Bertz CT molecular complexity index is 1820. The number of ether oxygens (including phenoxy) is 2. The largest absolute Gasteiger partial charge is 0.490 e. The molecule has 0 atom stereocenters. The fraction of sp³-hybridized carbons (Fsp3) is 0.242. The van der Waals surface area contributed by atoms with Crippen molar-refractivity contribution >= 4 is 44.1 Å². The van der Waals surface area contributed by atoms with Crippen molar-refractivity contribution in [1.29, 1.82) is 10.8 Å². The molecule has 5 rings (SSSR count). The minimum absolute atomic E-state index is 0.000659. The highest BCUT2D eigenvalue weighted by Gasteiger charge is 2.30. The zero-order valence-electron chi connectivity index (χ0n) is 24.6. The van der Waals surface area contributed by atoms with Gasteiger partial charge < -0.3 is 20.1 Å². The maximum atomic E-state index is 14.3. The Morgan fingerprint density at radius 3 is 2.30 bits per heavy atom. The summed E-state index contributed by atoms with van der Waals surface area (Å²) in [6.07, 6.45) is 1.58. The number of methoxy groups -OCH3 is 1. The van der Waals surface area contributed by atoms with E-state index in [0.717, 1.165) is 36.7 Å². The SMILES string of the molecule is COC(=O)c1ccccc1S(=O)(=O)N(Cc1ccc2ccc(C(=N)N)cc2c1)c1ccc(OC2CCN(C(C)=N)CC2)cc1. The summed E-state index contributed by atoms with van der Waals surface area (Å²) in [5.74, 6) is 0.361. The minimum atomic E-state index is -4.26. The zero-order chi connectivity index (χ0) is 31.4. The Kier molecular flexibility index (Phi) is 8.86. The number of rotatable bonds is 9. The molecule has 4 N–H and O–H groups in total. The van der Waals surface area contributed by atoms with Gasteiger partial charge in [-0.25, -0.2) is 13.2 Å². The minimum Gasteiger partial charge on any atom is -0.490 e. The van der Waals surface area contributed by atoms with Crippen molar-refractivity contribution in [3.05, 3.63) is 102 Å². The van der Waals surface area contributed by atoms with E-state index < -0.39 is 16.0 Å². The first-order valence-corrected chi connectivity index (χ1v) is 15.6. The monoisotopic (exact) mass is 613 g/mol. The molecule has 0 spiro atoms. The number of nitrogens with two attached hydrogens (primary N) is 1. The average Bonchev–Trinajstić information content (AvgIpc) is 3.03. The number of nitrogen functional groups attached to an aromatic ring is 1. The van der Waals surface area contributed by atoms with Gasteiger partial charge in [0.05, 0.1) is 30.7 Å². The third kappa shape index (κ3) is 6.52. The van der Waals surface area contributed by atoms with Crippen LogP contribution in [0.1, 0.15) is 41.3 Å². The van der Waals surface area contributed by atoms with Crippen LogP contribution < -0.4 is 14.8 Å². The second-order valence-corrected chi connectivity index (χ2v) is 12.5. The fourth-order valence-corrected chi connectivity index (χ4v) is 6.96. The van der Waals surface area contributed by atoms with Crippen molar-refractivity contribution in [2.45, 2.75) is 37.3 Å². The van der Waals surface area contributed by atoms with Gasteiger partial charge in [0.15, 0.2) is 0 Å². The predicted molar refractivity (Wildman–Crippen MR) is 171 cm³/mol. The molecule has 4 aromatic rings. The summed E-state index contributed by atoms with van der Waals surface area (Å²) in [7, 11) is -3.04. The number of carbonyl (C=O) groups excluding carboxylic acids is 1. The molecule has 11 heteroatoms. The lowest BCUT2D eigenvalue weighted by Gasteiger charge is -2.33. The van der Waals surface area contributed by atoms with E-state index in [-0.39, 0.29) is 28.9 Å². The first-order chi connectivity index (χ1) is 21.1. The molecule has 4 aromatic carbocycles. The summed E-state index contributed by atoms with van der Waals surface area (Å²) in [6.45, 7) is 3.26. The van der Waals surface area contributed by atoms with Gasteiger partial charge in [0.1, 0.15) is 22.6 Å². The van der Waals surface area contributed by atoms with E-state index >= 15 is 0 Å². The zero-order valence-corrected chi connectivity index (χ0v) is 25.4. The van der Waals surface area contributed by atoms with Crippen LogP contribution in [0, 0.1) is 10.8 Å². The van der Waals surface area contributed by atoms with E-state index in [1.54, 1.807) is 55.5 Å². The molecule has 0 radical (unpaired) electrons. The number of fused-ring (bicyclic) bond motifs is 1. The Labute approximate surface area is 257 Å². The van der Waals surface area contributed by atoms with Gasteiger partial charge in [0, 0.05) is 31.5 Å². The lowest BCUT2D eigenvalue weighted by Crippen LogP contribution is -2.40. The van der Waals surface area contributed by atoms with E-state index in [9.17, 15) is 13.2 Å². The Morgan fingerprint density at radius 1 is 0.955 bits per heavy atom. The van der Waals surface area contributed by atoms with Crippen LogP contribution in [0.5, 0.6) is 5.75 Å². The van der Waals surface area contributed by atoms with Crippen molar-refractivity contribution in [3.63, 3.8) is 0 Å². The van der Waals surface area contributed by atoms with Crippen LogP contribution >= 0.6 is 0 Å². The highest BCUT2D eigenvalue weighted by atomic mass is 32.2. The van der Waals surface area contributed by atoms with E-state index in [1.807, 2.05) is 29.2 Å². The molecule has 1 heterocycles. The summed E-state index contributed by atoms with van der Waals surface area (Å²) < 4.78 is 40.9. The average molecular weight is 614 g/mol. The number of carbonyl (C=O) groups is 1. The maximum absolute atomic E-state index is 14.3. The molecule has 10 nitrogen and oxygen atoms in total. The van der Waals surface area contributed by atoms with E-state index in [4.69, 9.17) is 26.0 Å². The molecule has 1 fully saturated rings. The molecule has 0 aromatic heterocycles. The van der Waals surface area contributed by atoms with Crippen LogP contribution in [-0.4, -0.2) is 57.3 Å². The Morgan fingerprint density at radius 2 is 1.64 bits per heavy atom. The lowest BCUT2D eigenvalue weighted by atomic mass is 10.0. The smallest absolute Gasteiger partial charge is 0.339 e. The van der Waals surface area contributed by atoms with Gasteiger partial charge in [-0.1, -0.05) is 36.4 Å². The van der Waals surface area contributed by atoms with Crippen molar-refractivity contribution in [2.24, 2.45) is 5.73 Å². The molecule has 0 saturated carbocycles. The first-order valence-electron chi connectivity index (χ1n) is 14.2. The normalized spacial score (nSPS) is 13.8. The summed E-state index contributed by atoms with van der Waals surface area (Å²) >= 11 is 0. The van der Waals surface area contributed by atoms with Crippen molar-refractivity contribution in [1.82, 2.24) is 4.90 Å². The summed E-state index contributed by atoms with van der Waals surface area (Å²) in [4.78, 5) is 14.4. The molecule has 0 amide bonds. The summed E-state index contributed by atoms with van der Waals surface area (Å²) in [6, 6.07) is 23.9. The number of sulfonamides is 1. The molecule has 1 aliphatic rings. The number of benzene rings is 4. The number of hydrogen-bond acceptors (Lipinski definition) is 7. The first kappa shape index (κ1) is 30.6. The van der Waals surface area contributed by atoms with Crippen molar-refractivity contribution < 1.29 is 22.7 Å². The molecule has 228 valence electrons. The molecule has 0 unspecified atom stereocenters. The van der Waals surface area contributed by atoms with Gasteiger partial charge in [-0.05, 0) is 71.8 Å².